The van der Waals surface area contributed by atoms with Gasteiger partial charge in [0.15, 0.2) is 0 Å². The maximum atomic E-state index is 11.7. The molecule has 18 heavy (non-hydrogen) atoms. The number of alkyl halides is 3. The molecule has 0 aliphatic rings. The third-order valence-electron chi connectivity index (χ3n) is 1.86. The summed E-state index contributed by atoms with van der Waals surface area (Å²) in [7, 11) is 3.83. The summed E-state index contributed by atoms with van der Waals surface area (Å²) in [6.45, 7) is 0.450. The van der Waals surface area contributed by atoms with E-state index in [1.807, 2.05) is 24.3 Å². The van der Waals surface area contributed by atoms with Crippen LogP contribution in [0.4, 0.5) is 13.2 Å². The van der Waals surface area contributed by atoms with Gasteiger partial charge < -0.3 is 20.3 Å². The van der Waals surface area contributed by atoms with Gasteiger partial charge in [-0.25, -0.2) is 0 Å². The van der Waals surface area contributed by atoms with Gasteiger partial charge in [0.05, 0.1) is 26.3 Å². The van der Waals surface area contributed by atoms with Crippen LogP contribution < -0.4 is 10.6 Å². The zero-order chi connectivity index (χ0) is 14.0. The maximum Gasteiger partial charge on any atom is 0.401 e. The van der Waals surface area contributed by atoms with Gasteiger partial charge in [-0.15, -0.1) is 0 Å². The molecular weight excluding hydrogens is 251 g/mol. The summed E-state index contributed by atoms with van der Waals surface area (Å²) in [6.07, 6.45) is -4.30. The fraction of sp³-hybridized carbons (Fsp3) is 0.900. The first-order valence-electron chi connectivity index (χ1n) is 5.58. The van der Waals surface area contributed by atoms with Gasteiger partial charge in [0, 0.05) is 13.1 Å². The molecule has 5 nitrogen and oxygen atoms in total. The number of nitrogens with one attached hydrogen (secondary N) is 2. The van der Waals surface area contributed by atoms with E-state index < -0.39 is 18.6 Å². The Balaban J connectivity index is 3.32. The number of ether oxygens (including phenoxy) is 1. The Kier molecular flexibility index (Phi) is 8.69. The van der Waals surface area contributed by atoms with Crippen LogP contribution >= 0.6 is 0 Å². The molecule has 0 heterocycles. The predicted octanol–water partition coefficient (Wildman–Crippen LogP) is -0.167. The number of likely N-dealkylation sites (N-methyl/N-ethyl adjacent to an activating group) is 1. The van der Waals surface area contributed by atoms with Crippen LogP contribution in [0.25, 0.3) is 0 Å². The minimum Gasteiger partial charge on any atom is -0.378 e. The van der Waals surface area contributed by atoms with Gasteiger partial charge in [0.1, 0.15) is 0 Å². The molecule has 0 aliphatic carbocycles. The van der Waals surface area contributed by atoms with E-state index in [1.54, 1.807) is 0 Å². The first kappa shape index (κ1) is 17.1. The molecule has 2 N–H and O–H groups in total. The first-order chi connectivity index (χ1) is 8.31. The van der Waals surface area contributed by atoms with Crippen molar-refractivity contribution in [3.05, 3.63) is 0 Å². The second-order valence-corrected chi connectivity index (χ2v) is 3.98. The van der Waals surface area contributed by atoms with Gasteiger partial charge in [-0.2, -0.15) is 13.2 Å². The number of hydrogen-bond donors (Lipinski definition) is 2. The number of halogens is 3. The van der Waals surface area contributed by atoms with Crippen molar-refractivity contribution in [2.75, 3.05) is 53.5 Å². The zero-order valence-electron chi connectivity index (χ0n) is 10.6. The molecule has 108 valence electrons. The number of carbonyl (C=O) groups excluding carboxylic acids is 1. The molecule has 0 rings (SSSR count). The fourth-order valence-corrected chi connectivity index (χ4v) is 0.992. The van der Waals surface area contributed by atoms with E-state index in [4.69, 9.17) is 4.74 Å². The Labute approximate surface area is 105 Å². The van der Waals surface area contributed by atoms with Crippen molar-refractivity contribution in [1.82, 2.24) is 15.5 Å². The number of carbonyl (C=O) groups is 1. The summed E-state index contributed by atoms with van der Waals surface area (Å²) in [4.78, 5) is 13.0. The summed E-state index contributed by atoms with van der Waals surface area (Å²) in [5, 5.41) is 4.46. The summed E-state index contributed by atoms with van der Waals surface area (Å²) >= 11 is 0. The van der Waals surface area contributed by atoms with E-state index in [9.17, 15) is 18.0 Å². The first-order valence-corrected chi connectivity index (χ1v) is 5.58. The summed E-state index contributed by atoms with van der Waals surface area (Å²) in [5.41, 5.74) is 0. The zero-order valence-corrected chi connectivity index (χ0v) is 10.6. The highest BCUT2D eigenvalue weighted by molar-refractivity contribution is 5.77. The highest BCUT2D eigenvalue weighted by Gasteiger charge is 2.26. The molecule has 0 fully saturated rings. The third-order valence-corrected chi connectivity index (χ3v) is 1.86. The van der Waals surface area contributed by atoms with Crippen molar-refractivity contribution in [3.63, 3.8) is 0 Å². The smallest absolute Gasteiger partial charge is 0.378 e. The maximum absolute atomic E-state index is 11.7. The van der Waals surface area contributed by atoms with E-state index >= 15 is 0 Å². The molecule has 0 aliphatic heterocycles. The number of rotatable bonds is 9. The average Bonchev–Trinajstić information content (AvgIpc) is 2.20. The monoisotopic (exact) mass is 271 g/mol. The molecular formula is C10H20F3N3O2. The van der Waals surface area contributed by atoms with Crippen LogP contribution in [0.5, 0.6) is 0 Å². The molecule has 0 unspecified atom stereocenters. The Morgan fingerprint density at radius 2 is 1.94 bits per heavy atom. The van der Waals surface area contributed by atoms with E-state index in [0.29, 0.717) is 19.8 Å². The van der Waals surface area contributed by atoms with Crippen LogP contribution in [0, 0.1) is 0 Å². The topological polar surface area (TPSA) is 53.6 Å². The molecule has 0 radical (unpaired) electrons. The molecule has 0 aromatic heterocycles. The lowest BCUT2D eigenvalue weighted by Gasteiger charge is -2.11. The third kappa shape index (κ3) is 13.2. The summed E-state index contributed by atoms with van der Waals surface area (Å²) < 4.78 is 40.4. The standard InChI is InChI=1S/C10H20F3N3O2/c1-16(2)4-6-18-5-3-15-9(17)7-14-8-10(11,12)13/h14H,3-8H2,1-2H3,(H,15,17). The summed E-state index contributed by atoms with van der Waals surface area (Å²) in [5.74, 6) is -0.476. The van der Waals surface area contributed by atoms with Crippen molar-refractivity contribution in [3.8, 4) is 0 Å². The molecule has 8 heteroatoms. The molecule has 0 aromatic rings. The van der Waals surface area contributed by atoms with Crippen molar-refractivity contribution in [1.29, 1.82) is 0 Å². The van der Waals surface area contributed by atoms with Crippen LogP contribution in [0.3, 0.4) is 0 Å². The van der Waals surface area contributed by atoms with Crippen LogP contribution in [0.1, 0.15) is 0 Å². The second kappa shape index (κ2) is 9.12. The number of hydrogen-bond acceptors (Lipinski definition) is 4. The van der Waals surface area contributed by atoms with E-state index in [1.165, 1.54) is 0 Å². The van der Waals surface area contributed by atoms with Gasteiger partial charge >= 0.3 is 6.18 Å². The highest BCUT2D eigenvalue weighted by Crippen LogP contribution is 2.11. The average molecular weight is 271 g/mol. The fourth-order valence-electron chi connectivity index (χ4n) is 0.992. The van der Waals surface area contributed by atoms with Gasteiger partial charge in [0.2, 0.25) is 5.91 Å². The largest absolute Gasteiger partial charge is 0.401 e. The van der Waals surface area contributed by atoms with Gasteiger partial charge in [0.25, 0.3) is 0 Å². The minimum absolute atomic E-state index is 0.292. The van der Waals surface area contributed by atoms with Crippen LogP contribution in [0.15, 0.2) is 0 Å². The van der Waals surface area contributed by atoms with Crippen LogP contribution in [-0.4, -0.2) is 70.5 Å². The highest BCUT2D eigenvalue weighted by atomic mass is 19.4. The Morgan fingerprint density at radius 1 is 1.28 bits per heavy atom. The lowest BCUT2D eigenvalue weighted by Crippen LogP contribution is -2.39. The normalized spacial score (nSPS) is 11.9. The van der Waals surface area contributed by atoms with Crippen molar-refractivity contribution >= 4 is 5.91 Å². The molecule has 0 spiro atoms. The van der Waals surface area contributed by atoms with Crippen molar-refractivity contribution < 1.29 is 22.7 Å². The number of amides is 1. The molecule has 0 saturated heterocycles. The summed E-state index contributed by atoms with van der Waals surface area (Å²) in [6, 6.07) is 0. The number of nitrogens with zero attached hydrogens (tertiary/aromatic N) is 1. The SMILES string of the molecule is CN(C)CCOCCNC(=O)CNCC(F)(F)F. The van der Waals surface area contributed by atoms with Crippen molar-refractivity contribution in [2.24, 2.45) is 0 Å². The Hall–Kier alpha value is -0.860. The minimum atomic E-state index is -4.30. The van der Waals surface area contributed by atoms with Crippen LogP contribution in [0.2, 0.25) is 0 Å². The van der Waals surface area contributed by atoms with Gasteiger partial charge in [-0.1, -0.05) is 0 Å². The molecule has 0 bridgehead atoms. The van der Waals surface area contributed by atoms with Crippen molar-refractivity contribution in [2.45, 2.75) is 6.18 Å². The van der Waals surface area contributed by atoms with E-state index in [2.05, 4.69) is 5.32 Å². The predicted molar refractivity (Wildman–Crippen MR) is 61.3 cm³/mol. The van der Waals surface area contributed by atoms with Gasteiger partial charge in [-0.05, 0) is 14.1 Å². The van der Waals surface area contributed by atoms with Crippen LogP contribution in [-0.2, 0) is 9.53 Å². The van der Waals surface area contributed by atoms with Gasteiger partial charge in [-0.3, -0.25) is 4.79 Å². The quantitative estimate of drug-likeness (QED) is 0.572. The Bertz CT molecular complexity index is 235. The molecule has 1 amide bonds. The lowest BCUT2D eigenvalue weighted by molar-refractivity contribution is -0.128. The Morgan fingerprint density at radius 3 is 2.50 bits per heavy atom. The molecule has 0 aromatic carbocycles. The second-order valence-electron chi connectivity index (χ2n) is 3.98. The lowest BCUT2D eigenvalue weighted by atomic mass is 10.5. The van der Waals surface area contributed by atoms with E-state index in [-0.39, 0.29) is 6.54 Å². The van der Waals surface area contributed by atoms with E-state index in [0.717, 1.165) is 6.54 Å². The molecule has 0 saturated carbocycles. The molecule has 0 atom stereocenters.